The van der Waals surface area contributed by atoms with Gasteiger partial charge in [0, 0.05) is 43.2 Å². The van der Waals surface area contributed by atoms with Crippen molar-refractivity contribution in [3.05, 3.63) is 86.1 Å². The summed E-state index contributed by atoms with van der Waals surface area (Å²) in [6, 6.07) is 5.91. The minimum absolute atomic E-state index is 0.0270. The third-order valence-corrected chi connectivity index (χ3v) is 9.07. The Morgan fingerprint density at radius 1 is 1.07 bits per heavy atom. The summed E-state index contributed by atoms with van der Waals surface area (Å²) in [5.74, 6) is -3.72. The predicted octanol–water partition coefficient (Wildman–Crippen LogP) is 3.39. The third kappa shape index (κ3) is 6.05. The van der Waals surface area contributed by atoms with Gasteiger partial charge in [0.05, 0.1) is 29.2 Å². The van der Waals surface area contributed by atoms with Gasteiger partial charge in [-0.05, 0) is 31.0 Å². The van der Waals surface area contributed by atoms with Gasteiger partial charge in [-0.25, -0.2) is 17.2 Å². The summed E-state index contributed by atoms with van der Waals surface area (Å²) in [6.07, 6.45) is 3.16. The van der Waals surface area contributed by atoms with Gasteiger partial charge in [0.25, 0.3) is 0 Å². The number of nitrogens with zero attached hydrogens (tertiary/aromatic N) is 5. The van der Waals surface area contributed by atoms with E-state index < -0.39 is 49.4 Å². The fourth-order valence-electron chi connectivity index (χ4n) is 4.62. The number of para-hydroxylation sites is 1. The molecule has 0 amide bonds. The van der Waals surface area contributed by atoms with Crippen molar-refractivity contribution in [2.45, 2.75) is 25.5 Å². The van der Waals surface area contributed by atoms with Crippen LogP contribution in [0.1, 0.15) is 25.3 Å². The Balaban J connectivity index is 1.39. The minimum atomic E-state index is -4.05. The Hall–Kier alpha value is -3.98. The molecular formula is C26H26F3N5O6S. The Morgan fingerprint density at radius 2 is 1.73 bits per heavy atom. The van der Waals surface area contributed by atoms with Crippen LogP contribution >= 0.6 is 0 Å². The molecule has 15 heteroatoms. The van der Waals surface area contributed by atoms with Gasteiger partial charge < -0.3 is 9.64 Å². The molecule has 2 aliphatic rings. The van der Waals surface area contributed by atoms with Gasteiger partial charge >= 0.3 is 11.2 Å². The number of ether oxygens (including phenoxy) is 1. The molecule has 41 heavy (non-hydrogen) atoms. The number of nitro benzene ring substituents is 1. The molecule has 1 saturated heterocycles. The number of nitro groups is 1. The highest BCUT2D eigenvalue weighted by Crippen LogP contribution is 2.45. The third-order valence-electron chi connectivity index (χ3n) is 7.24. The Labute approximate surface area is 233 Å². The van der Waals surface area contributed by atoms with E-state index in [1.165, 1.54) is 18.3 Å². The molecule has 0 spiro atoms. The summed E-state index contributed by atoms with van der Waals surface area (Å²) >= 11 is 0. The van der Waals surface area contributed by atoms with Crippen molar-refractivity contribution in [3.63, 3.8) is 0 Å². The molecule has 2 heterocycles. The van der Waals surface area contributed by atoms with Crippen molar-refractivity contribution in [1.82, 2.24) is 14.1 Å². The highest BCUT2D eigenvalue weighted by atomic mass is 32.2. The van der Waals surface area contributed by atoms with Gasteiger partial charge in [-0.2, -0.15) is 18.5 Å². The smallest absolute Gasteiger partial charge is 0.316 e. The van der Waals surface area contributed by atoms with Crippen molar-refractivity contribution < 1.29 is 31.2 Å². The molecule has 5 rings (SSSR count). The van der Waals surface area contributed by atoms with Crippen molar-refractivity contribution in [1.29, 1.82) is 0 Å². The van der Waals surface area contributed by atoms with Gasteiger partial charge in [0.2, 0.25) is 21.6 Å². The first-order chi connectivity index (χ1) is 19.4. The van der Waals surface area contributed by atoms with Gasteiger partial charge in [-0.15, -0.1) is 0 Å². The average molecular weight is 594 g/mol. The van der Waals surface area contributed by atoms with Gasteiger partial charge in [-0.3, -0.25) is 14.9 Å². The standard InChI is InChI=1S/C26H26F3N5O6S/c1-26(5-6-26)16-40-24-22(14-30-33(25(24)35)20-12-18(27)11-19(28)13-20)31-7-9-32(10-8-31)41(38,39)15-17-3-2-4-21(29)23(17)34(36)37/h2-4,11-14H,5-10,15-16H2,1H3. The maximum absolute atomic E-state index is 14.0. The van der Waals surface area contributed by atoms with E-state index in [0.29, 0.717) is 11.8 Å². The van der Waals surface area contributed by atoms with Crippen molar-refractivity contribution in [2.75, 3.05) is 37.7 Å². The van der Waals surface area contributed by atoms with Crippen LogP contribution in [0.25, 0.3) is 5.69 Å². The number of aromatic nitrogens is 2. The van der Waals surface area contributed by atoms with E-state index in [1.54, 1.807) is 4.90 Å². The largest absolute Gasteiger partial charge is 0.486 e. The lowest BCUT2D eigenvalue weighted by Gasteiger charge is -2.35. The lowest BCUT2D eigenvalue weighted by atomic mass is 10.2. The second kappa shape index (κ2) is 10.8. The monoisotopic (exact) mass is 593 g/mol. The molecule has 11 nitrogen and oxygen atoms in total. The van der Waals surface area contributed by atoms with Gasteiger partial charge in [0.15, 0.2) is 0 Å². The Kier molecular flexibility index (Phi) is 7.50. The Morgan fingerprint density at radius 3 is 2.34 bits per heavy atom. The molecule has 2 aromatic carbocycles. The van der Waals surface area contributed by atoms with Crippen LogP contribution in [0.2, 0.25) is 0 Å². The van der Waals surface area contributed by atoms with Crippen LogP contribution in [0, 0.1) is 33.0 Å². The zero-order valence-electron chi connectivity index (χ0n) is 21.9. The maximum atomic E-state index is 14.0. The molecule has 0 unspecified atom stereocenters. The number of benzene rings is 2. The van der Waals surface area contributed by atoms with Crippen molar-refractivity contribution in [2.24, 2.45) is 5.41 Å². The number of hydrogen-bond donors (Lipinski definition) is 0. The van der Waals surface area contributed by atoms with Crippen LogP contribution < -0.4 is 15.2 Å². The molecule has 218 valence electrons. The number of hydrogen-bond acceptors (Lipinski definition) is 8. The van der Waals surface area contributed by atoms with E-state index in [2.05, 4.69) is 5.10 Å². The maximum Gasteiger partial charge on any atom is 0.316 e. The second-order valence-corrected chi connectivity index (χ2v) is 12.4. The van der Waals surface area contributed by atoms with Crippen LogP contribution in [-0.2, 0) is 15.8 Å². The van der Waals surface area contributed by atoms with Crippen molar-refractivity contribution in [3.8, 4) is 11.4 Å². The number of sulfonamides is 1. The molecule has 0 bridgehead atoms. The Bertz CT molecular complexity index is 1650. The highest BCUT2D eigenvalue weighted by Gasteiger charge is 2.39. The molecular weight excluding hydrogens is 567 g/mol. The molecule has 1 aliphatic heterocycles. The SMILES string of the molecule is CC1(COc2c(N3CCN(S(=O)(=O)Cc4cccc(F)c4[N+](=O)[O-])CC3)cnn(-c3cc(F)cc(F)c3)c2=O)CC1. The lowest BCUT2D eigenvalue weighted by Crippen LogP contribution is -2.49. The fourth-order valence-corrected chi connectivity index (χ4v) is 6.14. The molecule has 1 saturated carbocycles. The van der Waals surface area contributed by atoms with E-state index in [1.807, 2.05) is 6.92 Å². The predicted molar refractivity (Wildman–Crippen MR) is 142 cm³/mol. The van der Waals surface area contributed by atoms with Gasteiger partial charge in [0.1, 0.15) is 17.3 Å². The average Bonchev–Trinajstić information content (AvgIpc) is 3.64. The lowest BCUT2D eigenvalue weighted by molar-refractivity contribution is -0.388. The van der Waals surface area contributed by atoms with Crippen LogP contribution in [0.4, 0.5) is 24.5 Å². The molecule has 1 aromatic heterocycles. The number of rotatable bonds is 9. The van der Waals surface area contributed by atoms with Crippen LogP contribution in [0.5, 0.6) is 5.75 Å². The molecule has 3 aromatic rings. The first kappa shape index (κ1) is 28.5. The van der Waals surface area contributed by atoms with E-state index in [-0.39, 0.29) is 55.2 Å². The van der Waals surface area contributed by atoms with E-state index in [9.17, 15) is 36.5 Å². The summed E-state index contributed by atoms with van der Waals surface area (Å²) in [5, 5.41) is 15.4. The molecule has 1 aliphatic carbocycles. The van der Waals surface area contributed by atoms with Crippen LogP contribution in [-0.4, -0.2) is 60.2 Å². The summed E-state index contributed by atoms with van der Waals surface area (Å²) < 4.78 is 75.8. The summed E-state index contributed by atoms with van der Waals surface area (Å²) in [7, 11) is -4.05. The van der Waals surface area contributed by atoms with Crippen LogP contribution in [0.15, 0.2) is 47.4 Å². The molecule has 0 N–H and O–H groups in total. The first-order valence-electron chi connectivity index (χ1n) is 12.7. The summed E-state index contributed by atoms with van der Waals surface area (Å²) in [5.41, 5.74) is -1.80. The topological polar surface area (TPSA) is 128 Å². The number of piperazine rings is 1. The molecule has 0 atom stereocenters. The van der Waals surface area contributed by atoms with Gasteiger partial charge in [-0.1, -0.05) is 19.1 Å². The zero-order chi connectivity index (χ0) is 29.5. The van der Waals surface area contributed by atoms with E-state index >= 15 is 0 Å². The highest BCUT2D eigenvalue weighted by molar-refractivity contribution is 7.88. The number of halogens is 3. The fraction of sp³-hybridized carbons (Fsp3) is 0.385. The summed E-state index contributed by atoms with van der Waals surface area (Å²) in [4.78, 5) is 25.5. The molecule has 0 radical (unpaired) electrons. The molecule has 2 fully saturated rings. The van der Waals surface area contributed by atoms with Crippen LogP contribution in [0.3, 0.4) is 0 Å². The van der Waals surface area contributed by atoms with E-state index in [4.69, 9.17) is 4.74 Å². The quantitative estimate of drug-likeness (QED) is 0.273. The number of anilines is 1. The normalized spacial score (nSPS) is 16.9. The van der Waals surface area contributed by atoms with Crippen molar-refractivity contribution >= 4 is 21.4 Å². The first-order valence-corrected chi connectivity index (χ1v) is 14.3. The summed E-state index contributed by atoms with van der Waals surface area (Å²) in [6.45, 7) is 2.43. The zero-order valence-corrected chi connectivity index (χ0v) is 22.7. The minimum Gasteiger partial charge on any atom is -0.486 e. The second-order valence-electron chi connectivity index (χ2n) is 10.4. The van der Waals surface area contributed by atoms with E-state index in [0.717, 1.165) is 40.0 Å².